The fraction of sp³-hybridized carbons (Fsp3) is 0.174. The molecule has 2 aromatic carbocycles. The van der Waals surface area contributed by atoms with Crippen molar-refractivity contribution in [2.45, 2.75) is 19.8 Å². The first-order valence-corrected chi connectivity index (χ1v) is 11.7. The average Bonchev–Trinajstić information content (AvgIpc) is 3.29. The number of amides is 1. The van der Waals surface area contributed by atoms with Gasteiger partial charge in [-0.2, -0.15) is 5.10 Å². The Morgan fingerprint density at radius 3 is 2.57 bits per heavy atom. The lowest BCUT2D eigenvalue weighted by molar-refractivity contribution is -0.122. The van der Waals surface area contributed by atoms with Crippen molar-refractivity contribution in [1.82, 2.24) is 14.7 Å². The molecule has 0 spiro atoms. The van der Waals surface area contributed by atoms with Crippen LogP contribution in [-0.2, 0) is 4.79 Å². The number of halogens is 1. The summed E-state index contributed by atoms with van der Waals surface area (Å²) in [6.07, 6.45) is 5.84. The molecule has 30 heavy (non-hydrogen) atoms. The highest BCUT2D eigenvalue weighted by Crippen LogP contribution is 2.35. The minimum absolute atomic E-state index is 0.0207. The monoisotopic (exact) mass is 497 g/mol. The molecule has 1 aliphatic rings. The molecule has 1 saturated heterocycles. The molecule has 4 rings (SSSR count). The van der Waals surface area contributed by atoms with Crippen molar-refractivity contribution >= 4 is 56.2 Å². The number of hydrogen-bond acceptors (Lipinski definition) is 4. The van der Waals surface area contributed by atoms with Crippen LogP contribution in [-0.4, -0.2) is 31.5 Å². The van der Waals surface area contributed by atoms with Crippen LogP contribution in [0.15, 0.2) is 70.2 Å². The predicted octanol–water partition coefficient (Wildman–Crippen LogP) is 6.30. The van der Waals surface area contributed by atoms with Gasteiger partial charge in [0.15, 0.2) is 0 Å². The Bertz CT molecular complexity index is 1110. The summed E-state index contributed by atoms with van der Waals surface area (Å²) in [6, 6.07) is 18.0. The molecule has 1 aromatic heterocycles. The van der Waals surface area contributed by atoms with E-state index in [0.29, 0.717) is 15.8 Å². The second kappa shape index (κ2) is 9.29. The number of unbranched alkanes of at least 4 members (excludes halogenated alkanes) is 1. The number of carbonyl (C=O) groups excluding carboxylic acids is 1. The molecule has 0 atom stereocenters. The minimum Gasteiger partial charge on any atom is -0.293 e. The summed E-state index contributed by atoms with van der Waals surface area (Å²) in [4.78, 5) is 15.3. The lowest BCUT2D eigenvalue weighted by Crippen LogP contribution is -2.28. The van der Waals surface area contributed by atoms with Gasteiger partial charge in [0.2, 0.25) is 0 Å². The topological polar surface area (TPSA) is 38.1 Å². The molecule has 3 aromatic rings. The van der Waals surface area contributed by atoms with Gasteiger partial charge < -0.3 is 0 Å². The fourth-order valence-corrected chi connectivity index (χ4v) is 4.75. The number of thiocarbonyl (C=S) groups is 1. The number of nitrogens with zero attached hydrogens (tertiary/aromatic N) is 3. The Morgan fingerprint density at radius 1 is 1.13 bits per heavy atom. The Kier molecular flexibility index (Phi) is 6.51. The van der Waals surface area contributed by atoms with E-state index in [4.69, 9.17) is 17.3 Å². The van der Waals surface area contributed by atoms with E-state index in [2.05, 4.69) is 22.9 Å². The number of rotatable bonds is 6. The Morgan fingerprint density at radius 2 is 1.87 bits per heavy atom. The highest BCUT2D eigenvalue weighted by molar-refractivity contribution is 9.10. The molecular weight excluding hydrogens is 478 g/mol. The Balaban J connectivity index is 1.76. The molecule has 0 N–H and O–H groups in total. The summed E-state index contributed by atoms with van der Waals surface area (Å²) < 4.78 is 3.48. The summed E-state index contributed by atoms with van der Waals surface area (Å²) >= 11 is 10.3. The first-order valence-electron chi connectivity index (χ1n) is 9.73. The lowest BCUT2D eigenvalue weighted by atomic mass is 10.1. The van der Waals surface area contributed by atoms with Crippen LogP contribution in [0.2, 0.25) is 0 Å². The zero-order chi connectivity index (χ0) is 21.1. The molecule has 0 aliphatic carbocycles. The molecule has 152 valence electrons. The van der Waals surface area contributed by atoms with Gasteiger partial charge in [0.25, 0.3) is 5.91 Å². The number of aromatic nitrogens is 2. The molecule has 0 unspecified atom stereocenters. The van der Waals surface area contributed by atoms with E-state index >= 15 is 0 Å². The zero-order valence-corrected chi connectivity index (χ0v) is 19.6. The normalized spacial score (nSPS) is 15.4. The van der Waals surface area contributed by atoms with E-state index in [0.717, 1.165) is 39.8 Å². The maximum absolute atomic E-state index is 12.9. The van der Waals surface area contributed by atoms with Crippen molar-refractivity contribution in [3.63, 3.8) is 0 Å². The highest BCUT2D eigenvalue weighted by atomic mass is 79.9. The van der Waals surface area contributed by atoms with Crippen molar-refractivity contribution in [1.29, 1.82) is 0 Å². The summed E-state index contributed by atoms with van der Waals surface area (Å²) in [5.41, 5.74) is 3.66. The van der Waals surface area contributed by atoms with Crippen molar-refractivity contribution < 1.29 is 4.79 Å². The van der Waals surface area contributed by atoms with Gasteiger partial charge in [-0.3, -0.25) is 9.69 Å². The highest BCUT2D eigenvalue weighted by Gasteiger charge is 2.31. The van der Waals surface area contributed by atoms with Crippen LogP contribution in [0.4, 0.5) is 0 Å². The number of carbonyl (C=O) groups is 1. The van der Waals surface area contributed by atoms with E-state index in [-0.39, 0.29) is 5.91 Å². The van der Waals surface area contributed by atoms with Gasteiger partial charge in [-0.1, -0.05) is 83.6 Å². The second-order valence-electron chi connectivity index (χ2n) is 6.91. The lowest BCUT2D eigenvalue weighted by Gasteiger charge is -2.12. The first kappa shape index (κ1) is 21.0. The number of thioether (sulfide) groups is 1. The SMILES string of the molecule is CCCCN1C(=O)/C(=C\c2cn(-c3ccccc3)nc2-c2ccc(Br)cc2)SC1=S. The molecule has 1 aliphatic heterocycles. The molecule has 4 nitrogen and oxygen atoms in total. The van der Waals surface area contributed by atoms with E-state index in [1.54, 1.807) is 4.90 Å². The van der Waals surface area contributed by atoms with Crippen molar-refractivity contribution in [3.05, 3.63) is 75.7 Å². The molecule has 0 radical (unpaired) electrons. The van der Waals surface area contributed by atoms with Gasteiger partial charge in [-0.25, -0.2) is 4.68 Å². The standard InChI is InChI=1S/C23H20BrN3OS2/c1-2-3-13-26-22(28)20(30-23(26)29)14-17-15-27(19-7-5-4-6-8-19)25-21(17)16-9-11-18(24)12-10-16/h4-12,14-15H,2-3,13H2,1H3/b20-14+. The summed E-state index contributed by atoms with van der Waals surface area (Å²) in [5, 5.41) is 4.82. The van der Waals surface area contributed by atoms with Gasteiger partial charge in [-0.05, 0) is 36.8 Å². The summed E-state index contributed by atoms with van der Waals surface area (Å²) in [6.45, 7) is 2.78. The largest absolute Gasteiger partial charge is 0.293 e. The predicted molar refractivity (Wildman–Crippen MR) is 131 cm³/mol. The zero-order valence-electron chi connectivity index (χ0n) is 16.4. The van der Waals surface area contributed by atoms with Crippen molar-refractivity contribution in [2.75, 3.05) is 6.54 Å². The van der Waals surface area contributed by atoms with Crippen LogP contribution >= 0.6 is 39.9 Å². The van der Waals surface area contributed by atoms with E-state index in [9.17, 15) is 4.79 Å². The van der Waals surface area contributed by atoms with Crippen LogP contribution in [0.25, 0.3) is 23.0 Å². The third-order valence-electron chi connectivity index (χ3n) is 4.78. The molecule has 1 amide bonds. The number of para-hydroxylation sites is 1. The van der Waals surface area contributed by atoms with Crippen molar-refractivity contribution in [3.8, 4) is 16.9 Å². The third-order valence-corrected chi connectivity index (χ3v) is 6.68. The Hall–Kier alpha value is -2.22. The summed E-state index contributed by atoms with van der Waals surface area (Å²) in [5.74, 6) is -0.0207. The first-order chi connectivity index (χ1) is 14.6. The van der Waals surface area contributed by atoms with Crippen LogP contribution in [0, 0.1) is 0 Å². The van der Waals surface area contributed by atoms with Crippen LogP contribution in [0.5, 0.6) is 0 Å². The van der Waals surface area contributed by atoms with Gasteiger partial charge in [-0.15, -0.1) is 0 Å². The van der Waals surface area contributed by atoms with Crippen LogP contribution in [0.1, 0.15) is 25.3 Å². The molecule has 0 saturated carbocycles. The molecule has 2 heterocycles. The van der Waals surface area contributed by atoms with Gasteiger partial charge in [0.05, 0.1) is 16.3 Å². The average molecular weight is 498 g/mol. The van der Waals surface area contributed by atoms with E-state index in [1.165, 1.54) is 11.8 Å². The van der Waals surface area contributed by atoms with Gasteiger partial charge >= 0.3 is 0 Å². The number of hydrogen-bond donors (Lipinski definition) is 0. The fourth-order valence-electron chi connectivity index (χ4n) is 3.19. The number of benzene rings is 2. The molecule has 0 bridgehead atoms. The minimum atomic E-state index is -0.0207. The second-order valence-corrected chi connectivity index (χ2v) is 9.50. The maximum atomic E-state index is 12.9. The summed E-state index contributed by atoms with van der Waals surface area (Å²) in [7, 11) is 0. The molecular formula is C23H20BrN3OS2. The van der Waals surface area contributed by atoms with E-state index < -0.39 is 0 Å². The van der Waals surface area contributed by atoms with E-state index in [1.807, 2.05) is 71.6 Å². The van der Waals surface area contributed by atoms with Crippen LogP contribution < -0.4 is 0 Å². The maximum Gasteiger partial charge on any atom is 0.266 e. The Labute approximate surface area is 194 Å². The van der Waals surface area contributed by atoms with Gasteiger partial charge in [0, 0.05) is 28.3 Å². The quantitative estimate of drug-likeness (QED) is 0.295. The van der Waals surface area contributed by atoms with Gasteiger partial charge in [0.1, 0.15) is 4.32 Å². The molecule has 1 fully saturated rings. The van der Waals surface area contributed by atoms with Crippen molar-refractivity contribution in [2.24, 2.45) is 0 Å². The van der Waals surface area contributed by atoms with Crippen LogP contribution in [0.3, 0.4) is 0 Å². The smallest absolute Gasteiger partial charge is 0.266 e. The third kappa shape index (κ3) is 4.43. The molecule has 7 heteroatoms.